The van der Waals surface area contributed by atoms with Gasteiger partial charge in [0.25, 0.3) is 0 Å². The van der Waals surface area contributed by atoms with Gasteiger partial charge in [0.2, 0.25) is 5.91 Å². The lowest BCUT2D eigenvalue weighted by Crippen LogP contribution is -2.51. The second-order valence-electron chi connectivity index (χ2n) is 9.74. The first-order valence-corrected chi connectivity index (χ1v) is 12.2. The van der Waals surface area contributed by atoms with Crippen LogP contribution in [-0.4, -0.2) is 53.8 Å². The van der Waals surface area contributed by atoms with Crippen LogP contribution in [0.5, 0.6) is 5.75 Å². The number of hydrogen-bond acceptors (Lipinski definition) is 4. The molecule has 1 aromatic heterocycles. The summed E-state index contributed by atoms with van der Waals surface area (Å²) in [5.41, 5.74) is 6.65. The van der Waals surface area contributed by atoms with E-state index >= 15 is 0 Å². The van der Waals surface area contributed by atoms with Gasteiger partial charge in [-0.25, -0.2) is 0 Å². The monoisotopic (exact) mass is 454 g/mol. The SMILES string of the molecule is CN1CC[C@@H](c2ccccc2)[C@H](NC(=O)C2C=Cc3[nH]nc(-c4ccc5c(c4)CCO5)c3C2)C1. The number of fused-ring (bicyclic) bond motifs is 2. The molecule has 1 saturated heterocycles. The van der Waals surface area contributed by atoms with Gasteiger partial charge in [-0.05, 0) is 61.8 Å². The van der Waals surface area contributed by atoms with Crippen LogP contribution in [0.4, 0.5) is 0 Å². The number of likely N-dealkylation sites (N-methyl/N-ethyl adjacent to an activating group) is 1. The van der Waals surface area contributed by atoms with Gasteiger partial charge >= 0.3 is 0 Å². The fraction of sp³-hybridized carbons (Fsp3) is 0.357. The smallest absolute Gasteiger partial charge is 0.227 e. The van der Waals surface area contributed by atoms with Gasteiger partial charge in [-0.1, -0.05) is 36.4 Å². The second-order valence-corrected chi connectivity index (χ2v) is 9.74. The maximum Gasteiger partial charge on any atom is 0.227 e. The van der Waals surface area contributed by atoms with Crippen molar-refractivity contribution in [2.45, 2.75) is 31.2 Å². The molecule has 3 aromatic rings. The van der Waals surface area contributed by atoms with E-state index < -0.39 is 0 Å². The molecule has 1 fully saturated rings. The molecule has 6 heteroatoms. The zero-order chi connectivity index (χ0) is 23.1. The summed E-state index contributed by atoms with van der Waals surface area (Å²) in [4.78, 5) is 15.8. The molecule has 1 aliphatic carbocycles. The third-order valence-corrected chi connectivity index (χ3v) is 7.49. The molecule has 1 amide bonds. The van der Waals surface area contributed by atoms with Crippen molar-refractivity contribution in [1.82, 2.24) is 20.4 Å². The van der Waals surface area contributed by atoms with Gasteiger partial charge in [-0.15, -0.1) is 0 Å². The predicted molar refractivity (Wildman–Crippen MR) is 133 cm³/mol. The molecule has 3 heterocycles. The number of carbonyl (C=O) groups excluding carboxylic acids is 1. The maximum atomic E-state index is 13.5. The van der Waals surface area contributed by atoms with Gasteiger partial charge in [0.1, 0.15) is 5.75 Å². The van der Waals surface area contributed by atoms with Crippen LogP contribution in [0.25, 0.3) is 17.3 Å². The number of benzene rings is 2. The average molecular weight is 455 g/mol. The number of nitrogens with one attached hydrogen (secondary N) is 2. The first-order chi connectivity index (χ1) is 16.7. The Morgan fingerprint density at radius 1 is 1.21 bits per heavy atom. The van der Waals surface area contributed by atoms with Crippen molar-refractivity contribution in [2.75, 3.05) is 26.7 Å². The molecule has 2 aliphatic heterocycles. The number of nitrogens with zero attached hydrogens (tertiary/aromatic N) is 2. The number of hydrogen-bond donors (Lipinski definition) is 2. The summed E-state index contributed by atoms with van der Waals surface area (Å²) in [6, 6.07) is 17.0. The van der Waals surface area contributed by atoms with E-state index in [-0.39, 0.29) is 17.9 Å². The van der Waals surface area contributed by atoms with Gasteiger partial charge in [-0.2, -0.15) is 5.10 Å². The minimum Gasteiger partial charge on any atom is -0.493 e. The Morgan fingerprint density at radius 3 is 2.97 bits per heavy atom. The van der Waals surface area contributed by atoms with Crippen LogP contribution in [0.1, 0.15) is 34.7 Å². The highest BCUT2D eigenvalue weighted by molar-refractivity contribution is 5.84. The number of carbonyl (C=O) groups is 1. The Kier molecular flexibility index (Phi) is 5.46. The highest BCUT2D eigenvalue weighted by Gasteiger charge is 2.33. The van der Waals surface area contributed by atoms with Crippen molar-refractivity contribution in [2.24, 2.45) is 5.92 Å². The van der Waals surface area contributed by atoms with Crippen LogP contribution in [0, 0.1) is 5.92 Å². The number of piperidine rings is 1. The standard InChI is InChI=1S/C28H30N4O2/c1-32-13-11-22(18-5-3-2-4-6-18)25(17-32)29-28(33)21-7-9-24-23(16-21)27(31-30-24)20-8-10-26-19(15-20)12-14-34-26/h2-10,15,21-22,25H,11-14,16-17H2,1H3,(H,29,33)(H,30,31)/t21?,22-,25+/m0/s1. The molecule has 6 rings (SSSR count). The molecule has 0 bridgehead atoms. The third-order valence-electron chi connectivity index (χ3n) is 7.49. The molecular weight excluding hydrogens is 424 g/mol. The number of amides is 1. The lowest BCUT2D eigenvalue weighted by molar-refractivity contribution is -0.124. The van der Waals surface area contributed by atoms with Crippen molar-refractivity contribution in [3.63, 3.8) is 0 Å². The van der Waals surface area contributed by atoms with E-state index in [1.54, 1.807) is 0 Å². The zero-order valence-corrected chi connectivity index (χ0v) is 19.5. The van der Waals surface area contributed by atoms with E-state index in [4.69, 9.17) is 4.74 Å². The maximum absolute atomic E-state index is 13.5. The summed E-state index contributed by atoms with van der Waals surface area (Å²) in [6.45, 7) is 2.65. The summed E-state index contributed by atoms with van der Waals surface area (Å²) < 4.78 is 5.66. The third kappa shape index (κ3) is 3.92. The van der Waals surface area contributed by atoms with Crippen molar-refractivity contribution >= 4 is 12.0 Å². The Labute approximate surface area is 200 Å². The molecule has 6 nitrogen and oxygen atoms in total. The number of likely N-dealkylation sites (tertiary alicyclic amines) is 1. The zero-order valence-electron chi connectivity index (χ0n) is 19.5. The molecule has 174 valence electrons. The highest BCUT2D eigenvalue weighted by Crippen LogP contribution is 2.35. The average Bonchev–Trinajstić information content (AvgIpc) is 3.50. The van der Waals surface area contributed by atoms with Crippen LogP contribution in [0.15, 0.2) is 54.6 Å². The minimum absolute atomic E-state index is 0.0950. The summed E-state index contributed by atoms with van der Waals surface area (Å²) >= 11 is 0. The number of aromatic amines is 1. The van der Waals surface area contributed by atoms with Crippen molar-refractivity contribution in [1.29, 1.82) is 0 Å². The lowest BCUT2D eigenvalue weighted by Gasteiger charge is -2.38. The summed E-state index contributed by atoms with van der Waals surface area (Å²) in [5.74, 6) is 1.20. The molecule has 3 atom stereocenters. The number of rotatable bonds is 4. The molecule has 34 heavy (non-hydrogen) atoms. The summed E-state index contributed by atoms with van der Waals surface area (Å²) in [5, 5.41) is 11.2. The van der Waals surface area contributed by atoms with Gasteiger partial charge in [0, 0.05) is 36.1 Å². The second kappa shape index (κ2) is 8.76. The van der Waals surface area contributed by atoms with Crippen molar-refractivity contribution in [3.05, 3.63) is 77.0 Å². The van der Waals surface area contributed by atoms with E-state index in [9.17, 15) is 4.79 Å². The van der Waals surface area contributed by atoms with Crippen LogP contribution >= 0.6 is 0 Å². The van der Waals surface area contributed by atoms with E-state index in [0.717, 1.165) is 60.8 Å². The van der Waals surface area contributed by atoms with Crippen LogP contribution < -0.4 is 10.1 Å². The first kappa shape index (κ1) is 21.2. The largest absolute Gasteiger partial charge is 0.493 e. The normalized spacial score (nSPS) is 23.7. The quantitative estimate of drug-likeness (QED) is 0.629. The van der Waals surface area contributed by atoms with E-state index in [1.807, 2.05) is 24.3 Å². The molecule has 2 N–H and O–H groups in total. The Morgan fingerprint density at radius 2 is 2.09 bits per heavy atom. The topological polar surface area (TPSA) is 70.2 Å². The predicted octanol–water partition coefficient (Wildman–Crippen LogP) is 3.80. The summed E-state index contributed by atoms with van der Waals surface area (Å²) in [6.07, 6.45) is 6.65. The fourth-order valence-corrected chi connectivity index (χ4v) is 5.63. The number of H-pyrrole nitrogens is 1. The Hall–Kier alpha value is -3.38. The van der Waals surface area contributed by atoms with Gasteiger partial charge < -0.3 is 15.0 Å². The lowest BCUT2D eigenvalue weighted by atomic mass is 9.84. The van der Waals surface area contributed by atoms with Crippen molar-refractivity contribution in [3.8, 4) is 17.0 Å². The van der Waals surface area contributed by atoms with Crippen LogP contribution in [-0.2, 0) is 17.6 Å². The Balaban J connectivity index is 1.21. The number of ether oxygens (including phenoxy) is 1. The minimum atomic E-state index is -0.203. The van der Waals surface area contributed by atoms with Crippen LogP contribution in [0.3, 0.4) is 0 Å². The molecule has 0 radical (unpaired) electrons. The molecule has 3 aliphatic rings. The molecule has 1 unspecified atom stereocenters. The van der Waals surface area contributed by atoms with Crippen LogP contribution in [0.2, 0.25) is 0 Å². The highest BCUT2D eigenvalue weighted by atomic mass is 16.5. The molecular formula is C28H30N4O2. The number of aromatic nitrogens is 2. The van der Waals surface area contributed by atoms with E-state index in [2.05, 4.69) is 63.9 Å². The Bertz CT molecular complexity index is 1230. The summed E-state index contributed by atoms with van der Waals surface area (Å²) in [7, 11) is 2.13. The van der Waals surface area contributed by atoms with Gasteiger partial charge in [0.15, 0.2) is 0 Å². The molecule has 0 saturated carbocycles. The molecule has 0 spiro atoms. The van der Waals surface area contributed by atoms with Gasteiger partial charge in [-0.3, -0.25) is 9.89 Å². The fourth-order valence-electron chi connectivity index (χ4n) is 5.63. The molecule has 2 aromatic carbocycles. The van der Waals surface area contributed by atoms with E-state index in [0.29, 0.717) is 12.3 Å². The van der Waals surface area contributed by atoms with Crippen molar-refractivity contribution < 1.29 is 9.53 Å². The van der Waals surface area contributed by atoms with Gasteiger partial charge in [0.05, 0.1) is 23.9 Å². The first-order valence-electron chi connectivity index (χ1n) is 12.2. The van der Waals surface area contributed by atoms with E-state index in [1.165, 1.54) is 11.1 Å².